The van der Waals surface area contributed by atoms with Gasteiger partial charge in [-0.3, -0.25) is 9.59 Å². The van der Waals surface area contributed by atoms with E-state index in [0.717, 1.165) is 32.1 Å². The van der Waals surface area contributed by atoms with Crippen molar-refractivity contribution < 1.29 is 9.59 Å². The number of rotatable bonds is 4. The zero-order valence-electron chi connectivity index (χ0n) is 8.75. The van der Waals surface area contributed by atoms with E-state index in [0.29, 0.717) is 5.92 Å². The average molecular weight is 198 g/mol. The second-order valence-electron chi connectivity index (χ2n) is 4.43. The number of hydrogen-bond acceptors (Lipinski definition) is 2. The van der Waals surface area contributed by atoms with Gasteiger partial charge in [0.1, 0.15) is 0 Å². The lowest BCUT2D eigenvalue weighted by molar-refractivity contribution is -0.113. The van der Waals surface area contributed by atoms with Gasteiger partial charge in [-0.2, -0.15) is 0 Å². The molecule has 0 saturated heterocycles. The lowest BCUT2D eigenvalue weighted by Crippen LogP contribution is -2.51. The molecule has 1 rings (SSSR count). The van der Waals surface area contributed by atoms with Crippen molar-refractivity contribution in [3.8, 4) is 0 Å². The molecular weight excluding hydrogens is 180 g/mol. The quantitative estimate of drug-likeness (QED) is 0.643. The minimum Gasteiger partial charge on any atom is -0.356 e. The van der Waals surface area contributed by atoms with Crippen molar-refractivity contribution in [1.82, 2.24) is 10.6 Å². The summed E-state index contributed by atoms with van der Waals surface area (Å²) in [6, 6.07) is 0.258. The van der Waals surface area contributed by atoms with E-state index in [4.69, 9.17) is 0 Å². The van der Waals surface area contributed by atoms with Crippen molar-refractivity contribution in [1.29, 1.82) is 0 Å². The molecule has 2 amide bonds. The first-order valence-corrected chi connectivity index (χ1v) is 5.02. The first kappa shape index (κ1) is 11.0. The molecule has 0 aromatic carbocycles. The van der Waals surface area contributed by atoms with Gasteiger partial charge in [-0.15, -0.1) is 0 Å². The third-order valence-electron chi connectivity index (χ3n) is 3.16. The summed E-state index contributed by atoms with van der Waals surface area (Å²) in [5.74, 6) is 0.409. The maximum absolute atomic E-state index is 10.4. The molecule has 0 radical (unpaired) electrons. The maximum Gasteiger partial charge on any atom is 0.207 e. The molecule has 14 heavy (non-hydrogen) atoms. The third-order valence-corrected chi connectivity index (χ3v) is 3.16. The molecule has 0 heterocycles. The van der Waals surface area contributed by atoms with E-state index >= 15 is 0 Å². The van der Waals surface area contributed by atoms with Crippen LogP contribution in [0.25, 0.3) is 0 Å². The fraction of sp³-hybridized carbons (Fsp3) is 0.800. The summed E-state index contributed by atoms with van der Waals surface area (Å²) in [6.45, 7) is 4.15. The molecule has 0 aromatic heterocycles. The minimum atomic E-state index is -0.0950. The smallest absolute Gasteiger partial charge is 0.207 e. The van der Waals surface area contributed by atoms with Crippen molar-refractivity contribution >= 4 is 12.8 Å². The average Bonchev–Trinajstić information content (AvgIpc) is 2.10. The Hall–Kier alpha value is -1.06. The summed E-state index contributed by atoms with van der Waals surface area (Å²) in [7, 11) is 0. The first-order valence-electron chi connectivity index (χ1n) is 5.02. The first-order chi connectivity index (χ1) is 6.61. The Kier molecular flexibility index (Phi) is 3.49. The molecule has 2 N–H and O–H groups in total. The molecule has 3 unspecified atom stereocenters. The molecule has 1 aliphatic rings. The highest BCUT2D eigenvalue weighted by molar-refractivity contribution is 5.48. The van der Waals surface area contributed by atoms with Crippen LogP contribution in [0.4, 0.5) is 0 Å². The highest BCUT2D eigenvalue weighted by atomic mass is 16.1. The minimum absolute atomic E-state index is 0.0950. The Morgan fingerprint density at radius 1 is 1.36 bits per heavy atom. The molecule has 0 aromatic rings. The standard InChI is InChI=1S/C10H18N2O2/c1-8-5-10(2,12-7-14)4-3-9(8)11-6-13/h6-9H,3-5H2,1-2H3,(H,11,13)(H,12,14). The van der Waals surface area contributed by atoms with Gasteiger partial charge >= 0.3 is 0 Å². The van der Waals surface area contributed by atoms with Crippen LogP contribution in [0.2, 0.25) is 0 Å². The van der Waals surface area contributed by atoms with Crippen LogP contribution in [0.5, 0.6) is 0 Å². The van der Waals surface area contributed by atoms with Crippen LogP contribution in [0.1, 0.15) is 33.1 Å². The monoisotopic (exact) mass is 198 g/mol. The van der Waals surface area contributed by atoms with Crippen LogP contribution in [-0.2, 0) is 9.59 Å². The van der Waals surface area contributed by atoms with Gasteiger partial charge in [0.15, 0.2) is 0 Å². The molecule has 0 bridgehead atoms. The summed E-state index contributed by atoms with van der Waals surface area (Å²) >= 11 is 0. The van der Waals surface area contributed by atoms with E-state index in [2.05, 4.69) is 24.5 Å². The van der Waals surface area contributed by atoms with Gasteiger partial charge in [-0.05, 0) is 32.1 Å². The highest BCUT2D eigenvalue weighted by Gasteiger charge is 2.34. The van der Waals surface area contributed by atoms with Gasteiger partial charge in [-0.25, -0.2) is 0 Å². The van der Waals surface area contributed by atoms with Gasteiger partial charge in [0.05, 0.1) is 0 Å². The van der Waals surface area contributed by atoms with Crippen molar-refractivity contribution in [2.75, 3.05) is 0 Å². The fourth-order valence-corrected chi connectivity index (χ4v) is 2.32. The molecule has 0 aliphatic heterocycles. The Balaban J connectivity index is 2.52. The second-order valence-corrected chi connectivity index (χ2v) is 4.43. The zero-order chi connectivity index (χ0) is 10.6. The third kappa shape index (κ3) is 2.47. The van der Waals surface area contributed by atoms with Gasteiger partial charge in [0.25, 0.3) is 0 Å². The van der Waals surface area contributed by atoms with Crippen LogP contribution in [0.3, 0.4) is 0 Å². The largest absolute Gasteiger partial charge is 0.356 e. The molecule has 4 heteroatoms. The second kappa shape index (κ2) is 4.44. The number of hydrogen-bond donors (Lipinski definition) is 2. The number of carbonyl (C=O) groups is 2. The molecule has 0 spiro atoms. The summed E-state index contributed by atoms with van der Waals surface area (Å²) in [4.78, 5) is 20.7. The van der Waals surface area contributed by atoms with Crippen LogP contribution < -0.4 is 10.6 Å². The predicted octanol–water partition coefficient (Wildman–Crippen LogP) is 0.426. The van der Waals surface area contributed by atoms with E-state index in [1.165, 1.54) is 0 Å². The summed E-state index contributed by atoms with van der Waals surface area (Å²) in [5.41, 5.74) is -0.0950. The lowest BCUT2D eigenvalue weighted by atomic mass is 9.75. The normalized spacial score (nSPS) is 37.3. The molecule has 1 aliphatic carbocycles. The van der Waals surface area contributed by atoms with Crippen LogP contribution in [-0.4, -0.2) is 24.4 Å². The summed E-state index contributed by atoms with van der Waals surface area (Å²) in [6.07, 6.45) is 4.28. The molecule has 4 nitrogen and oxygen atoms in total. The SMILES string of the molecule is CC1CC(C)(NC=O)CCC1NC=O. The van der Waals surface area contributed by atoms with Crippen molar-refractivity contribution in [2.24, 2.45) is 5.92 Å². The Labute approximate surface area is 84.4 Å². The lowest BCUT2D eigenvalue weighted by Gasteiger charge is -2.40. The predicted molar refractivity (Wildman–Crippen MR) is 53.6 cm³/mol. The maximum atomic E-state index is 10.4. The number of carbonyl (C=O) groups excluding carboxylic acids is 2. The molecule has 1 fully saturated rings. The van der Waals surface area contributed by atoms with Crippen LogP contribution in [0.15, 0.2) is 0 Å². The van der Waals surface area contributed by atoms with Crippen LogP contribution in [0, 0.1) is 5.92 Å². The van der Waals surface area contributed by atoms with E-state index in [-0.39, 0.29) is 11.6 Å². The topological polar surface area (TPSA) is 58.2 Å². The van der Waals surface area contributed by atoms with E-state index < -0.39 is 0 Å². The van der Waals surface area contributed by atoms with Crippen molar-refractivity contribution in [3.05, 3.63) is 0 Å². The zero-order valence-corrected chi connectivity index (χ0v) is 8.75. The van der Waals surface area contributed by atoms with Gasteiger partial charge < -0.3 is 10.6 Å². The summed E-state index contributed by atoms with van der Waals surface area (Å²) < 4.78 is 0. The molecule has 1 saturated carbocycles. The highest BCUT2D eigenvalue weighted by Crippen LogP contribution is 2.31. The van der Waals surface area contributed by atoms with E-state index in [1.54, 1.807) is 0 Å². The number of nitrogens with one attached hydrogen (secondary N) is 2. The van der Waals surface area contributed by atoms with Crippen molar-refractivity contribution in [2.45, 2.75) is 44.7 Å². The Morgan fingerprint density at radius 3 is 2.57 bits per heavy atom. The van der Waals surface area contributed by atoms with Gasteiger partial charge in [0.2, 0.25) is 12.8 Å². The fourth-order valence-electron chi connectivity index (χ4n) is 2.32. The summed E-state index contributed by atoms with van der Waals surface area (Å²) in [5, 5.41) is 5.67. The van der Waals surface area contributed by atoms with Crippen molar-refractivity contribution in [3.63, 3.8) is 0 Å². The Morgan fingerprint density at radius 2 is 2.07 bits per heavy atom. The number of amides is 2. The molecular formula is C10H18N2O2. The van der Waals surface area contributed by atoms with Crippen LogP contribution >= 0.6 is 0 Å². The Bertz CT molecular complexity index is 220. The van der Waals surface area contributed by atoms with E-state index in [9.17, 15) is 9.59 Å². The van der Waals surface area contributed by atoms with Gasteiger partial charge in [-0.1, -0.05) is 6.92 Å². The van der Waals surface area contributed by atoms with Gasteiger partial charge in [0, 0.05) is 11.6 Å². The molecule has 80 valence electrons. The van der Waals surface area contributed by atoms with E-state index in [1.807, 2.05) is 0 Å². The molecule has 3 atom stereocenters.